The van der Waals surface area contributed by atoms with Crippen LogP contribution < -0.4 is 5.32 Å². The molecule has 59 heavy (non-hydrogen) atoms. The highest BCUT2D eigenvalue weighted by molar-refractivity contribution is 5.76. The molecule has 0 bridgehead atoms. The minimum atomic E-state index is -0.863. The lowest BCUT2D eigenvalue weighted by Gasteiger charge is -2.19. The second kappa shape index (κ2) is 48.5. The van der Waals surface area contributed by atoms with Gasteiger partial charge in [-0.1, -0.05) is 204 Å². The van der Waals surface area contributed by atoms with Gasteiger partial charge in [-0.25, -0.2) is 0 Å². The Morgan fingerprint density at radius 2 is 0.881 bits per heavy atom. The molecule has 0 radical (unpaired) electrons. The van der Waals surface area contributed by atoms with E-state index in [1.54, 1.807) is 6.08 Å². The first-order chi connectivity index (χ1) is 29.0. The van der Waals surface area contributed by atoms with E-state index < -0.39 is 12.1 Å². The summed E-state index contributed by atoms with van der Waals surface area (Å²) in [5.74, 6) is -0.130. The monoisotopic (exact) mass is 828 g/mol. The number of nitrogens with one attached hydrogen (secondary N) is 1. The molecule has 2 atom stereocenters. The van der Waals surface area contributed by atoms with Crippen LogP contribution in [-0.2, 0) is 14.3 Å². The second-order valence-electron chi connectivity index (χ2n) is 17.1. The van der Waals surface area contributed by atoms with Crippen LogP contribution in [0.1, 0.15) is 251 Å². The van der Waals surface area contributed by atoms with Gasteiger partial charge in [-0.05, 0) is 83.5 Å². The van der Waals surface area contributed by atoms with Crippen molar-refractivity contribution < 1.29 is 24.5 Å². The maximum atomic E-state index is 12.4. The van der Waals surface area contributed by atoms with Crippen molar-refractivity contribution in [3.05, 3.63) is 48.6 Å². The van der Waals surface area contributed by atoms with Crippen molar-refractivity contribution in [2.24, 2.45) is 0 Å². The molecule has 0 aliphatic heterocycles. The molecular weight excluding hydrogens is 731 g/mol. The van der Waals surface area contributed by atoms with Gasteiger partial charge in [0.15, 0.2) is 0 Å². The molecule has 0 aliphatic carbocycles. The summed E-state index contributed by atoms with van der Waals surface area (Å²) >= 11 is 0. The van der Waals surface area contributed by atoms with Gasteiger partial charge in [0, 0.05) is 12.8 Å². The van der Waals surface area contributed by atoms with Gasteiger partial charge in [0.2, 0.25) is 5.91 Å². The third-order valence-corrected chi connectivity index (χ3v) is 11.3. The average molecular weight is 828 g/mol. The molecular formula is C53H97NO5. The highest BCUT2D eigenvalue weighted by Crippen LogP contribution is 2.15. The molecule has 1 amide bonds. The molecule has 2 unspecified atom stereocenters. The molecule has 344 valence electrons. The summed E-state index contributed by atoms with van der Waals surface area (Å²) in [5.41, 5.74) is 0. The highest BCUT2D eigenvalue weighted by Gasteiger charge is 2.18. The third-order valence-electron chi connectivity index (χ3n) is 11.3. The Balaban J connectivity index is 3.56. The molecule has 0 aromatic rings. The lowest BCUT2D eigenvalue weighted by Crippen LogP contribution is -2.45. The molecule has 0 fully saturated rings. The van der Waals surface area contributed by atoms with E-state index in [-0.39, 0.29) is 18.5 Å². The quantitative estimate of drug-likeness (QED) is 0.0323. The van der Waals surface area contributed by atoms with Crippen LogP contribution in [0.5, 0.6) is 0 Å². The zero-order valence-corrected chi connectivity index (χ0v) is 39.0. The predicted molar refractivity (Wildman–Crippen MR) is 255 cm³/mol. The van der Waals surface area contributed by atoms with Crippen LogP contribution >= 0.6 is 0 Å². The van der Waals surface area contributed by atoms with Crippen molar-refractivity contribution in [3.63, 3.8) is 0 Å². The molecule has 3 N–H and O–H groups in total. The van der Waals surface area contributed by atoms with Gasteiger partial charge in [0.25, 0.3) is 0 Å². The van der Waals surface area contributed by atoms with Crippen LogP contribution in [-0.4, -0.2) is 47.4 Å². The van der Waals surface area contributed by atoms with Crippen LogP contribution in [0.3, 0.4) is 0 Å². The zero-order chi connectivity index (χ0) is 43.0. The Morgan fingerprint density at radius 1 is 0.475 bits per heavy atom. The Bertz CT molecular complexity index is 1000. The van der Waals surface area contributed by atoms with E-state index in [1.807, 2.05) is 6.08 Å². The summed E-state index contributed by atoms with van der Waals surface area (Å²) < 4.78 is 5.44. The van der Waals surface area contributed by atoms with Crippen molar-refractivity contribution in [1.29, 1.82) is 0 Å². The minimum Gasteiger partial charge on any atom is -0.466 e. The number of amides is 1. The molecule has 6 heteroatoms. The molecule has 0 aromatic heterocycles. The van der Waals surface area contributed by atoms with Gasteiger partial charge >= 0.3 is 5.97 Å². The van der Waals surface area contributed by atoms with Crippen LogP contribution in [0, 0.1) is 0 Å². The number of allylic oxidation sites excluding steroid dienone is 7. The smallest absolute Gasteiger partial charge is 0.305 e. The first-order valence-electron chi connectivity index (χ1n) is 25.4. The van der Waals surface area contributed by atoms with Crippen LogP contribution in [0.2, 0.25) is 0 Å². The lowest BCUT2D eigenvalue weighted by atomic mass is 10.0. The lowest BCUT2D eigenvalue weighted by molar-refractivity contribution is -0.143. The summed E-state index contributed by atoms with van der Waals surface area (Å²) in [6.07, 6.45) is 59.6. The fourth-order valence-corrected chi connectivity index (χ4v) is 7.37. The second-order valence-corrected chi connectivity index (χ2v) is 17.1. The standard InChI is InChI=1S/C53H97NO5/c1-3-5-7-9-11-13-15-17-18-19-22-25-29-33-37-41-45-51(56)50(49-55)54-52(57)46-42-38-34-30-26-23-20-24-28-32-36-40-44-48-59-53(58)47-43-39-35-31-27-21-16-14-12-10-8-6-4-2/h8,10,14,16,23,26,41,45,50-51,55-56H,3-7,9,11-13,15,17-22,24-25,27-40,42-44,46-49H2,1-2H3,(H,54,57)/b10-8-,16-14-,26-23-,45-41+. The number of aliphatic hydroxyl groups excluding tert-OH is 2. The van der Waals surface area contributed by atoms with Crippen LogP contribution in [0.4, 0.5) is 0 Å². The van der Waals surface area contributed by atoms with Gasteiger partial charge in [-0.15, -0.1) is 0 Å². The minimum absolute atomic E-state index is 0.0303. The number of esters is 1. The van der Waals surface area contributed by atoms with Crippen molar-refractivity contribution in [2.45, 2.75) is 264 Å². The van der Waals surface area contributed by atoms with Crippen molar-refractivity contribution in [1.82, 2.24) is 5.32 Å². The van der Waals surface area contributed by atoms with E-state index in [0.717, 1.165) is 83.5 Å². The summed E-state index contributed by atoms with van der Waals surface area (Å²) in [6, 6.07) is -0.649. The number of unbranched alkanes of at least 4 members (excludes halogenated alkanes) is 29. The van der Waals surface area contributed by atoms with Crippen LogP contribution in [0.25, 0.3) is 0 Å². The number of carbonyl (C=O) groups is 2. The molecule has 0 saturated heterocycles. The van der Waals surface area contributed by atoms with Gasteiger partial charge in [-0.3, -0.25) is 9.59 Å². The van der Waals surface area contributed by atoms with Crippen molar-refractivity contribution >= 4 is 11.9 Å². The molecule has 0 spiro atoms. The fourth-order valence-electron chi connectivity index (χ4n) is 7.37. The number of hydrogen-bond donors (Lipinski definition) is 3. The predicted octanol–water partition coefficient (Wildman–Crippen LogP) is 15.1. The van der Waals surface area contributed by atoms with Crippen LogP contribution in [0.15, 0.2) is 48.6 Å². The average Bonchev–Trinajstić information content (AvgIpc) is 3.24. The number of rotatable bonds is 46. The fraction of sp³-hybridized carbons (Fsp3) is 0.811. The highest BCUT2D eigenvalue weighted by atomic mass is 16.5. The SMILES string of the molecule is CCC/C=C\C/C=C\CCCCCCCC(=O)OCCCCCCCC/C=C\CCCCCC(=O)NC(CO)C(O)/C=C/CCCCCCCCCCCCCCCC. The largest absolute Gasteiger partial charge is 0.466 e. The van der Waals surface area contributed by atoms with Gasteiger partial charge in [0.05, 0.1) is 25.4 Å². The molecule has 0 aliphatic rings. The Kier molecular flexibility index (Phi) is 46.7. The van der Waals surface area contributed by atoms with E-state index in [0.29, 0.717) is 19.4 Å². The Hall–Kier alpha value is -2.18. The number of aliphatic hydroxyl groups is 2. The van der Waals surface area contributed by atoms with E-state index in [9.17, 15) is 19.8 Å². The summed E-state index contributed by atoms with van der Waals surface area (Å²) in [7, 11) is 0. The molecule has 6 nitrogen and oxygen atoms in total. The first kappa shape index (κ1) is 56.8. The zero-order valence-electron chi connectivity index (χ0n) is 39.0. The number of hydrogen-bond acceptors (Lipinski definition) is 5. The van der Waals surface area contributed by atoms with E-state index in [4.69, 9.17) is 4.74 Å². The molecule has 0 aromatic carbocycles. The van der Waals surface area contributed by atoms with Crippen molar-refractivity contribution in [2.75, 3.05) is 13.2 Å². The Morgan fingerprint density at radius 3 is 1.39 bits per heavy atom. The normalized spacial score (nSPS) is 13.1. The maximum Gasteiger partial charge on any atom is 0.305 e. The summed E-state index contributed by atoms with van der Waals surface area (Å²) in [5, 5.41) is 23.0. The van der Waals surface area contributed by atoms with E-state index in [1.165, 1.54) is 141 Å². The summed E-state index contributed by atoms with van der Waals surface area (Å²) in [4.78, 5) is 24.4. The third kappa shape index (κ3) is 45.2. The van der Waals surface area contributed by atoms with Gasteiger partial charge < -0.3 is 20.3 Å². The first-order valence-corrected chi connectivity index (χ1v) is 25.4. The molecule has 0 saturated carbocycles. The Labute approximate surface area is 366 Å². The summed E-state index contributed by atoms with van der Waals surface area (Å²) in [6.45, 7) is 4.78. The number of ether oxygens (including phenoxy) is 1. The van der Waals surface area contributed by atoms with E-state index in [2.05, 4.69) is 55.6 Å². The van der Waals surface area contributed by atoms with Gasteiger partial charge in [-0.2, -0.15) is 0 Å². The molecule has 0 heterocycles. The maximum absolute atomic E-state index is 12.4. The topological polar surface area (TPSA) is 95.9 Å². The van der Waals surface area contributed by atoms with E-state index >= 15 is 0 Å². The number of carbonyl (C=O) groups excluding carboxylic acids is 2. The van der Waals surface area contributed by atoms with Crippen molar-refractivity contribution in [3.8, 4) is 0 Å². The molecule has 0 rings (SSSR count). The van der Waals surface area contributed by atoms with Gasteiger partial charge in [0.1, 0.15) is 0 Å².